The van der Waals surface area contributed by atoms with Crippen molar-refractivity contribution in [3.05, 3.63) is 24.3 Å². The largest absolute Gasteiger partial charge is 0.472 e. The van der Waals surface area contributed by atoms with Crippen LogP contribution in [-0.4, -0.2) is 96.7 Å². The van der Waals surface area contributed by atoms with Crippen LogP contribution < -0.4 is 0 Å². The Morgan fingerprint density at radius 1 is 0.318 bits per heavy atom. The van der Waals surface area contributed by atoms with Crippen LogP contribution in [0, 0.1) is 0 Å². The Morgan fingerprint density at radius 3 is 0.830 bits per heavy atom. The Labute approximate surface area is 535 Å². The predicted molar refractivity (Wildman–Crippen MR) is 354 cm³/mol. The van der Waals surface area contributed by atoms with E-state index in [1.54, 1.807) is 0 Å². The van der Waals surface area contributed by atoms with Crippen molar-refractivity contribution in [1.29, 1.82) is 0 Å². The van der Waals surface area contributed by atoms with E-state index in [0.717, 1.165) is 116 Å². The van der Waals surface area contributed by atoms with E-state index in [0.29, 0.717) is 25.7 Å². The van der Waals surface area contributed by atoms with Gasteiger partial charge in [0.25, 0.3) is 0 Å². The fourth-order valence-corrected chi connectivity index (χ4v) is 11.6. The van der Waals surface area contributed by atoms with Gasteiger partial charge in [0.05, 0.1) is 26.4 Å². The molecule has 0 aromatic carbocycles. The van der Waals surface area contributed by atoms with Gasteiger partial charge < -0.3 is 33.8 Å². The first-order valence-corrected chi connectivity index (χ1v) is 38.6. The average Bonchev–Trinajstić information content (AvgIpc) is 3.71. The summed E-state index contributed by atoms with van der Waals surface area (Å²) in [5, 5.41) is 10.5. The van der Waals surface area contributed by atoms with Crippen molar-refractivity contribution in [2.24, 2.45) is 0 Å². The maximum atomic E-state index is 13.0. The van der Waals surface area contributed by atoms with E-state index < -0.39 is 97.5 Å². The highest BCUT2D eigenvalue weighted by molar-refractivity contribution is 7.47. The van der Waals surface area contributed by atoms with Crippen molar-refractivity contribution in [3.63, 3.8) is 0 Å². The molecule has 518 valence electrons. The molecule has 0 saturated heterocycles. The number of unbranched alkanes of at least 4 members (excludes halogenated alkanes) is 39. The molecule has 88 heavy (non-hydrogen) atoms. The van der Waals surface area contributed by atoms with Crippen LogP contribution >= 0.6 is 15.6 Å². The molecule has 3 N–H and O–H groups in total. The highest BCUT2D eigenvalue weighted by Crippen LogP contribution is 2.45. The summed E-state index contributed by atoms with van der Waals surface area (Å²) in [5.74, 6) is -2.17. The quantitative estimate of drug-likeness (QED) is 0.0169. The van der Waals surface area contributed by atoms with E-state index in [1.807, 2.05) is 0 Å². The summed E-state index contributed by atoms with van der Waals surface area (Å²) in [6.07, 6.45) is 53.9. The van der Waals surface area contributed by atoms with Gasteiger partial charge >= 0.3 is 39.5 Å². The number of phosphoric ester groups is 2. The van der Waals surface area contributed by atoms with Crippen LogP contribution in [0.1, 0.15) is 336 Å². The first-order chi connectivity index (χ1) is 42.7. The monoisotopic (exact) mass is 1290 g/mol. The molecule has 0 aliphatic rings. The molecule has 0 aliphatic carbocycles. The molecule has 0 rings (SSSR count). The molecule has 0 bridgehead atoms. The van der Waals surface area contributed by atoms with Crippen molar-refractivity contribution in [3.8, 4) is 0 Å². The van der Waals surface area contributed by atoms with Gasteiger partial charge in [0, 0.05) is 25.7 Å². The van der Waals surface area contributed by atoms with Gasteiger partial charge in [0.1, 0.15) is 19.3 Å². The molecule has 0 spiro atoms. The van der Waals surface area contributed by atoms with Crippen LogP contribution in [0.2, 0.25) is 0 Å². The molecule has 0 heterocycles. The number of aliphatic hydroxyl groups is 1. The van der Waals surface area contributed by atoms with Gasteiger partial charge in [-0.05, 0) is 51.4 Å². The molecule has 0 fully saturated rings. The maximum absolute atomic E-state index is 13.0. The zero-order valence-electron chi connectivity index (χ0n) is 56.2. The highest BCUT2D eigenvalue weighted by atomic mass is 31.2. The molecular weight excluding hydrogens is 1160 g/mol. The normalized spacial score (nSPS) is 14.2. The Hall–Kier alpha value is -2.46. The third kappa shape index (κ3) is 62.4. The fourth-order valence-electron chi connectivity index (χ4n) is 9.98. The lowest BCUT2D eigenvalue weighted by Gasteiger charge is -2.21. The third-order valence-electron chi connectivity index (χ3n) is 15.5. The summed E-state index contributed by atoms with van der Waals surface area (Å²) in [4.78, 5) is 72.1. The van der Waals surface area contributed by atoms with Crippen molar-refractivity contribution in [1.82, 2.24) is 0 Å². The zero-order chi connectivity index (χ0) is 64.7. The van der Waals surface area contributed by atoms with Gasteiger partial charge in [0.2, 0.25) is 0 Å². The fraction of sp³-hybridized carbons (Fsp3) is 0.884. The van der Waals surface area contributed by atoms with Gasteiger partial charge in [-0.2, -0.15) is 0 Å². The molecule has 17 nitrogen and oxygen atoms in total. The van der Waals surface area contributed by atoms with E-state index in [1.165, 1.54) is 141 Å². The maximum Gasteiger partial charge on any atom is 0.472 e. The molecular formula is C69H130O17P2. The van der Waals surface area contributed by atoms with E-state index in [9.17, 15) is 43.2 Å². The molecule has 5 atom stereocenters. The van der Waals surface area contributed by atoms with Crippen LogP contribution in [0.15, 0.2) is 24.3 Å². The number of carbonyl (C=O) groups excluding carboxylic acids is 4. The average molecular weight is 1290 g/mol. The molecule has 0 amide bonds. The topological polar surface area (TPSA) is 237 Å². The molecule has 19 heteroatoms. The first kappa shape index (κ1) is 85.5. The van der Waals surface area contributed by atoms with Crippen LogP contribution in [0.25, 0.3) is 0 Å². The lowest BCUT2D eigenvalue weighted by molar-refractivity contribution is -0.161. The van der Waals surface area contributed by atoms with Gasteiger partial charge in [-0.25, -0.2) is 9.13 Å². The zero-order valence-corrected chi connectivity index (χ0v) is 58.0. The van der Waals surface area contributed by atoms with E-state index in [2.05, 4.69) is 52.0 Å². The van der Waals surface area contributed by atoms with Gasteiger partial charge in [-0.3, -0.25) is 37.3 Å². The Bertz CT molecular complexity index is 1780. The van der Waals surface area contributed by atoms with Crippen molar-refractivity contribution in [2.75, 3.05) is 39.6 Å². The smallest absolute Gasteiger partial charge is 0.462 e. The SMILES string of the molecule is CCCCCC/C=C\C=C/CCCCCCCC(=O)OC[C@H](COP(=O)(O)OC[C@@H](O)COP(=O)(O)OC[C@@H](COC(=O)CCCCCCC)OC(=O)CCCCCCCCCCCC)OC(=O)CCCCCCCCCCCCCCCCCCCC. The van der Waals surface area contributed by atoms with Crippen LogP contribution in [0.5, 0.6) is 0 Å². The van der Waals surface area contributed by atoms with Gasteiger partial charge in [0.15, 0.2) is 12.2 Å². The number of hydrogen-bond donors (Lipinski definition) is 3. The van der Waals surface area contributed by atoms with Gasteiger partial charge in [-0.15, -0.1) is 0 Å². The van der Waals surface area contributed by atoms with Crippen molar-refractivity contribution in [2.45, 2.75) is 354 Å². The van der Waals surface area contributed by atoms with Crippen LogP contribution in [0.3, 0.4) is 0 Å². The summed E-state index contributed by atoms with van der Waals surface area (Å²) in [6, 6.07) is 0. The number of ether oxygens (including phenoxy) is 4. The lowest BCUT2D eigenvalue weighted by Crippen LogP contribution is -2.30. The third-order valence-corrected chi connectivity index (χ3v) is 17.4. The number of phosphoric acid groups is 2. The highest BCUT2D eigenvalue weighted by Gasteiger charge is 2.30. The number of rotatable bonds is 68. The summed E-state index contributed by atoms with van der Waals surface area (Å²) in [6.45, 7) is 4.77. The van der Waals surface area contributed by atoms with Crippen molar-refractivity contribution < 1.29 is 80.2 Å². The number of hydrogen-bond acceptors (Lipinski definition) is 15. The number of aliphatic hydroxyl groups excluding tert-OH is 1. The number of carbonyl (C=O) groups is 4. The molecule has 0 saturated carbocycles. The van der Waals surface area contributed by atoms with E-state index in [-0.39, 0.29) is 25.7 Å². The summed E-state index contributed by atoms with van der Waals surface area (Å²) >= 11 is 0. The minimum Gasteiger partial charge on any atom is -0.462 e. The first-order valence-electron chi connectivity index (χ1n) is 35.6. The Kier molecular flexibility index (Phi) is 61.5. The summed E-state index contributed by atoms with van der Waals surface area (Å²) in [5.41, 5.74) is 0. The van der Waals surface area contributed by atoms with Crippen LogP contribution in [0.4, 0.5) is 0 Å². The Balaban J connectivity index is 5.18. The Morgan fingerprint density at radius 2 is 0.545 bits per heavy atom. The second-order valence-corrected chi connectivity index (χ2v) is 27.1. The van der Waals surface area contributed by atoms with Gasteiger partial charge in [-0.1, -0.05) is 283 Å². The molecule has 0 aliphatic heterocycles. The molecule has 0 aromatic rings. The minimum atomic E-state index is -4.96. The number of allylic oxidation sites excluding steroid dienone is 4. The minimum absolute atomic E-state index is 0.102. The lowest BCUT2D eigenvalue weighted by atomic mass is 10.0. The second-order valence-electron chi connectivity index (χ2n) is 24.2. The standard InChI is InChI=1S/C69H130O17P2/c1-5-9-13-17-20-23-26-28-30-31-32-34-36-38-41-44-48-52-56-69(74)86-65(60-80-67(72)54-50-46-42-40-37-35-33-29-27-24-21-18-14-10-6-2)62-84-88(77,78)82-58-63(70)57-81-87(75,76)83-61-64(59-79-66(71)53-49-45-16-12-8-4)85-68(73)55-51-47-43-39-25-22-19-15-11-7-3/h24,27,29,33,63-65,70H,5-23,25-26,28,30-32,34-62H2,1-4H3,(H,75,76)(H,77,78)/b27-24-,33-29-/t63-,64+,65+/m0/s1. The summed E-state index contributed by atoms with van der Waals surface area (Å²) < 4.78 is 67.9. The number of esters is 4. The summed E-state index contributed by atoms with van der Waals surface area (Å²) in [7, 11) is -9.90. The molecule has 0 aromatic heterocycles. The second kappa shape index (κ2) is 63.3. The molecule has 2 unspecified atom stereocenters. The van der Waals surface area contributed by atoms with Crippen molar-refractivity contribution >= 4 is 39.5 Å². The van der Waals surface area contributed by atoms with E-state index >= 15 is 0 Å². The predicted octanol–water partition coefficient (Wildman–Crippen LogP) is 19.4. The van der Waals surface area contributed by atoms with E-state index in [4.69, 9.17) is 37.0 Å². The molecule has 0 radical (unpaired) electrons. The van der Waals surface area contributed by atoms with Crippen LogP contribution in [-0.2, 0) is 65.4 Å².